The van der Waals surface area contributed by atoms with Gasteiger partial charge in [0.15, 0.2) is 0 Å². The summed E-state index contributed by atoms with van der Waals surface area (Å²) in [6, 6.07) is 15.7. The van der Waals surface area contributed by atoms with Gasteiger partial charge in [-0.1, -0.05) is 23.9 Å². The second-order valence-electron chi connectivity index (χ2n) is 7.44. The van der Waals surface area contributed by atoms with Gasteiger partial charge in [-0.3, -0.25) is 14.7 Å². The summed E-state index contributed by atoms with van der Waals surface area (Å²) in [5.74, 6) is -2.75. The number of nitro benzene ring substituents is 1. The predicted molar refractivity (Wildman–Crippen MR) is 125 cm³/mol. The standard InChI is InChI=1S/C23H15N5O8S.2Na/c29-22-19(23(30)31)11-15(12-21(22)27-24-14-4-6-16(7-5-14)28(32)33)25-26-20-3-1-2-13-10-17(37(34,35)36)8-9-18(13)20;;/h1-12,29H,(H,30,31)(H,34,35,36);;/q;2*+1/p-2. The minimum absolute atomic E-state index is 0. The third-order valence-electron chi connectivity index (χ3n) is 5.01. The van der Waals surface area contributed by atoms with E-state index in [-0.39, 0.29) is 92.4 Å². The smallest absolute Gasteiger partial charge is 0.871 e. The van der Waals surface area contributed by atoms with E-state index in [1.165, 1.54) is 42.5 Å². The van der Waals surface area contributed by atoms with Gasteiger partial charge >= 0.3 is 59.1 Å². The Hall–Kier alpha value is -3.08. The van der Waals surface area contributed by atoms with Crippen LogP contribution in [0.3, 0.4) is 0 Å². The third kappa shape index (κ3) is 7.74. The Morgan fingerprint density at radius 1 is 0.821 bits per heavy atom. The van der Waals surface area contributed by atoms with E-state index in [2.05, 4.69) is 20.5 Å². The zero-order chi connectivity index (χ0) is 26.7. The number of benzene rings is 4. The van der Waals surface area contributed by atoms with Gasteiger partial charge in [-0.25, -0.2) is 0 Å². The fourth-order valence-corrected chi connectivity index (χ4v) is 3.75. The van der Waals surface area contributed by atoms with Crippen LogP contribution in [0.2, 0.25) is 0 Å². The number of hydrogen-bond donors (Lipinski definition) is 1. The van der Waals surface area contributed by atoms with Gasteiger partial charge in [-0.05, 0) is 53.4 Å². The number of fused-ring (bicyclic) bond motifs is 1. The zero-order valence-corrected chi connectivity index (χ0v) is 25.2. The molecule has 0 bridgehead atoms. The summed E-state index contributed by atoms with van der Waals surface area (Å²) >= 11 is 0. The fourth-order valence-electron chi connectivity index (χ4n) is 3.24. The van der Waals surface area contributed by atoms with Crippen molar-refractivity contribution in [1.82, 2.24) is 0 Å². The van der Waals surface area contributed by atoms with Crippen LogP contribution in [0, 0.1) is 10.1 Å². The van der Waals surface area contributed by atoms with Crippen LogP contribution in [0.4, 0.5) is 28.4 Å². The Kier molecular flexibility index (Phi) is 11.0. The molecule has 0 aromatic heterocycles. The largest absolute Gasteiger partial charge is 1.00 e. The average Bonchev–Trinajstić information content (AvgIpc) is 2.86. The van der Waals surface area contributed by atoms with E-state index in [1.54, 1.807) is 18.2 Å². The molecule has 0 spiro atoms. The van der Waals surface area contributed by atoms with Gasteiger partial charge in [0, 0.05) is 17.5 Å². The topological polar surface area (TPSA) is 210 Å². The first-order valence-electron chi connectivity index (χ1n) is 10.2. The van der Waals surface area contributed by atoms with Gasteiger partial charge in [-0.2, -0.15) is 23.8 Å². The summed E-state index contributed by atoms with van der Waals surface area (Å²) in [4.78, 5) is 21.3. The molecular formula is C23H13N5Na2O8S. The summed E-state index contributed by atoms with van der Waals surface area (Å²) in [5.41, 5.74) is -0.896. The van der Waals surface area contributed by atoms with Crippen LogP contribution >= 0.6 is 0 Å². The number of carbonyl (C=O) groups is 1. The van der Waals surface area contributed by atoms with E-state index in [1.807, 2.05) is 0 Å². The van der Waals surface area contributed by atoms with Crippen molar-refractivity contribution in [2.75, 3.05) is 0 Å². The van der Waals surface area contributed by atoms with Crippen LogP contribution in [0.15, 0.2) is 98.1 Å². The molecule has 0 atom stereocenters. The first kappa shape index (κ1) is 32.1. The number of non-ortho nitro benzene ring substituents is 1. The van der Waals surface area contributed by atoms with E-state index in [9.17, 15) is 38.1 Å². The zero-order valence-electron chi connectivity index (χ0n) is 20.4. The quantitative estimate of drug-likeness (QED) is 0.0892. The van der Waals surface area contributed by atoms with Gasteiger partial charge in [0.1, 0.15) is 0 Å². The van der Waals surface area contributed by atoms with Crippen molar-refractivity contribution < 1.29 is 92.0 Å². The van der Waals surface area contributed by atoms with Gasteiger partial charge in [0.05, 0.1) is 38.5 Å². The van der Waals surface area contributed by atoms with Crippen LogP contribution in [0.25, 0.3) is 10.8 Å². The molecule has 0 aliphatic rings. The summed E-state index contributed by atoms with van der Waals surface area (Å²) in [6.45, 7) is 0. The SMILES string of the molecule is O=C([O-])c1cc(N=Nc2cccc3cc(S(=O)(=O)O)ccc23)cc(N=Nc2ccc([N+](=O)[O-])cc2)c1[O-].[Na+].[Na+]. The Morgan fingerprint density at radius 3 is 2.08 bits per heavy atom. The molecule has 0 aliphatic carbocycles. The first-order valence-corrected chi connectivity index (χ1v) is 11.6. The molecule has 186 valence electrons. The van der Waals surface area contributed by atoms with Gasteiger partial charge < -0.3 is 15.0 Å². The number of nitro groups is 1. The van der Waals surface area contributed by atoms with Gasteiger partial charge in [0.2, 0.25) is 0 Å². The third-order valence-corrected chi connectivity index (χ3v) is 5.86. The molecule has 4 rings (SSSR count). The molecule has 39 heavy (non-hydrogen) atoms. The van der Waals surface area contributed by atoms with Crippen molar-refractivity contribution in [3.05, 3.63) is 88.5 Å². The van der Waals surface area contributed by atoms with Crippen LogP contribution in [-0.4, -0.2) is 23.9 Å². The van der Waals surface area contributed by atoms with Crippen LogP contribution < -0.4 is 69.3 Å². The Labute approximate surface area is 264 Å². The molecule has 0 fully saturated rings. The van der Waals surface area contributed by atoms with E-state index in [0.717, 1.165) is 12.1 Å². The number of nitrogens with zero attached hydrogens (tertiary/aromatic N) is 5. The van der Waals surface area contributed by atoms with E-state index < -0.39 is 32.3 Å². The minimum atomic E-state index is -4.41. The number of hydrogen-bond acceptors (Lipinski definition) is 11. The maximum Gasteiger partial charge on any atom is 1.00 e. The normalized spacial score (nSPS) is 11.3. The molecule has 4 aromatic rings. The van der Waals surface area contributed by atoms with Crippen molar-refractivity contribution in [2.45, 2.75) is 4.90 Å². The van der Waals surface area contributed by atoms with E-state index >= 15 is 0 Å². The minimum Gasteiger partial charge on any atom is -0.871 e. The summed E-state index contributed by atoms with van der Waals surface area (Å²) in [5, 5.41) is 51.3. The van der Waals surface area contributed by atoms with Crippen molar-refractivity contribution in [3.63, 3.8) is 0 Å². The summed E-state index contributed by atoms with van der Waals surface area (Å²) in [6.07, 6.45) is 0. The number of carboxylic acid groups (broad SMARTS) is 1. The first-order chi connectivity index (χ1) is 17.5. The van der Waals surface area contributed by atoms with Crippen molar-refractivity contribution in [3.8, 4) is 5.75 Å². The molecule has 4 aromatic carbocycles. The summed E-state index contributed by atoms with van der Waals surface area (Å²) < 4.78 is 32.0. The van der Waals surface area contributed by atoms with Crippen molar-refractivity contribution in [2.24, 2.45) is 20.5 Å². The second-order valence-corrected chi connectivity index (χ2v) is 8.86. The Balaban J connectivity index is 0.00000267. The second kappa shape index (κ2) is 13.3. The molecule has 0 radical (unpaired) electrons. The molecule has 0 aliphatic heterocycles. The van der Waals surface area contributed by atoms with Crippen LogP contribution in [-0.2, 0) is 10.1 Å². The van der Waals surface area contributed by atoms with Crippen molar-refractivity contribution in [1.29, 1.82) is 0 Å². The average molecular weight is 565 g/mol. The van der Waals surface area contributed by atoms with Crippen LogP contribution in [0.1, 0.15) is 10.4 Å². The number of carboxylic acids is 1. The van der Waals surface area contributed by atoms with Crippen molar-refractivity contribution >= 4 is 55.3 Å². The molecule has 13 nitrogen and oxygen atoms in total. The summed E-state index contributed by atoms with van der Waals surface area (Å²) in [7, 11) is -4.41. The van der Waals surface area contributed by atoms with Gasteiger partial charge in [-0.15, -0.1) is 5.11 Å². The fraction of sp³-hybridized carbons (Fsp3) is 0. The maximum absolute atomic E-state index is 12.5. The molecule has 1 N–H and O–H groups in total. The molecule has 0 saturated heterocycles. The monoisotopic (exact) mass is 565 g/mol. The number of rotatable bonds is 7. The van der Waals surface area contributed by atoms with Crippen LogP contribution in [0.5, 0.6) is 5.75 Å². The molecule has 16 heteroatoms. The van der Waals surface area contributed by atoms with Gasteiger partial charge in [0.25, 0.3) is 15.8 Å². The predicted octanol–water partition coefficient (Wildman–Crippen LogP) is -1.73. The maximum atomic E-state index is 12.5. The molecule has 0 unspecified atom stereocenters. The Morgan fingerprint density at radius 2 is 1.46 bits per heavy atom. The number of aromatic carboxylic acids is 1. The molecule has 0 saturated carbocycles. The molecular weight excluding hydrogens is 552 g/mol. The number of carbonyl (C=O) groups excluding carboxylic acids is 1. The molecule has 0 amide bonds. The van der Waals surface area contributed by atoms with E-state index in [4.69, 9.17) is 0 Å². The Bertz CT molecular complexity index is 1730. The number of azo groups is 2. The molecule has 0 heterocycles. The van der Waals surface area contributed by atoms with E-state index in [0.29, 0.717) is 10.8 Å².